The van der Waals surface area contributed by atoms with Gasteiger partial charge in [0.15, 0.2) is 5.96 Å². The van der Waals surface area contributed by atoms with Crippen molar-refractivity contribution in [2.45, 2.75) is 39.3 Å². The van der Waals surface area contributed by atoms with Crippen molar-refractivity contribution in [3.8, 4) is 5.75 Å². The number of nitrogens with one attached hydrogen (secondary N) is 2. The van der Waals surface area contributed by atoms with E-state index in [2.05, 4.69) is 66.5 Å². The summed E-state index contributed by atoms with van der Waals surface area (Å²) >= 11 is 0. The third-order valence-corrected chi connectivity index (χ3v) is 5.77. The van der Waals surface area contributed by atoms with Gasteiger partial charge in [0.2, 0.25) is 0 Å². The van der Waals surface area contributed by atoms with Crippen molar-refractivity contribution in [1.29, 1.82) is 0 Å². The number of guanidine groups is 1. The van der Waals surface area contributed by atoms with E-state index in [0.717, 1.165) is 63.9 Å². The molecule has 6 heteroatoms. The summed E-state index contributed by atoms with van der Waals surface area (Å²) in [6, 6.07) is 8.80. The first-order valence-corrected chi connectivity index (χ1v) is 10.8. The largest absolute Gasteiger partial charge is 0.488 e. The van der Waals surface area contributed by atoms with Gasteiger partial charge in [0.05, 0.1) is 13.1 Å². The van der Waals surface area contributed by atoms with Gasteiger partial charge < -0.3 is 20.3 Å². The molecule has 0 aromatic heterocycles. The Bertz CT molecular complexity index is 615. The molecule has 0 aliphatic carbocycles. The van der Waals surface area contributed by atoms with Crippen LogP contribution in [0.15, 0.2) is 29.3 Å². The van der Waals surface area contributed by atoms with E-state index < -0.39 is 0 Å². The number of para-hydroxylation sites is 1. The summed E-state index contributed by atoms with van der Waals surface area (Å²) in [7, 11) is 2.20. The molecule has 0 amide bonds. The van der Waals surface area contributed by atoms with E-state index >= 15 is 0 Å². The van der Waals surface area contributed by atoms with E-state index in [9.17, 15) is 0 Å². The smallest absolute Gasteiger partial charge is 0.191 e. The van der Waals surface area contributed by atoms with Gasteiger partial charge in [0, 0.05) is 45.2 Å². The highest BCUT2D eigenvalue weighted by molar-refractivity contribution is 5.79. The highest BCUT2D eigenvalue weighted by Gasteiger charge is 2.25. The van der Waals surface area contributed by atoms with Gasteiger partial charge in [-0.15, -0.1) is 0 Å². The molecule has 2 aliphatic heterocycles. The molecule has 2 heterocycles. The minimum atomic E-state index is 0.166. The maximum Gasteiger partial charge on any atom is 0.191 e. The number of ether oxygens (including phenoxy) is 1. The Morgan fingerprint density at radius 3 is 2.61 bits per heavy atom. The molecule has 1 aromatic carbocycles. The first kappa shape index (κ1) is 20.9. The fraction of sp³-hybridized carbons (Fsp3) is 0.682. The quantitative estimate of drug-likeness (QED) is 0.552. The first-order valence-electron chi connectivity index (χ1n) is 10.8. The lowest BCUT2D eigenvalue weighted by Gasteiger charge is -2.39. The Kier molecular flexibility index (Phi) is 7.57. The lowest BCUT2D eigenvalue weighted by molar-refractivity contribution is 0.0925. The minimum absolute atomic E-state index is 0.166. The number of piperazine rings is 1. The normalized spacial score (nSPS) is 22.0. The molecule has 1 aromatic rings. The van der Waals surface area contributed by atoms with E-state index in [1.165, 1.54) is 5.56 Å². The SMILES string of the molecule is CCNC(=NCC(C(C)C)N1CCN(C)CC1)NCC1Cc2ccccc2O1. The van der Waals surface area contributed by atoms with E-state index in [-0.39, 0.29) is 6.10 Å². The van der Waals surface area contributed by atoms with Crippen LogP contribution in [0.2, 0.25) is 0 Å². The summed E-state index contributed by atoms with van der Waals surface area (Å²) in [6.07, 6.45) is 1.12. The molecule has 1 saturated heterocycles. The summed E-state index contributed by atoms with van der Waals surface area (Å²) < 4.78 is 6.05. The number of likely N-dealkylation sites (N-methyl/N-ethyl adjacent to an activating group) is 1. The number of hydrogen-bond acceptors (Lipinski definition) is 4. The third-order valence-electron chi connectivity index (χ3n) is 5.77. The standard InChI is InChI=1S/C22H37N5O/c1-5-23-22(24-15-19-14-18-8-6-7-9-21(18)28-19)25-16-20(17(2)3)27-12-10-26(4)11-13-27/h6-9,17,19-20H,5,10-16H2,1-4H3,(H2,23,24,25). The molecule has 6 nitrogen and oxygen atoms in total. The molecular weight excluding hydrogens is 350 g/mol. The number of fused-ring (bicyclic) bond motifs is 1. The van der Waals surface area contributed by atoms with E-state index in [0.29, 0.717) is 12.0 Å². The molecule has 1 fully saturated rings. The Hall–Kier alpha value is -1.79. The van der Waals surface area contributed by atoms with Gasteiger partial charge in [-0.3, -0.25) is 9.89 Å². The van der Waals surface area contributed by atoms with Crippen molar-refractivity contribution >= 4 is 5.96 Å². The van der Waals surface area contributed by atoms with Crippen LogP contribution in [-0.4, -0.2) is 80.8 Å². The lowest BCUT2D eigenvalue weighted by atomic mass is 10.0. The number of aliphatic imine (C=N–C) groups is 1. The van der Waals surface area contributed by atoms with E-state index in [4.69, 9.17) is 9.73 Å². The average molecular weight is 388 g/mol. The summed E-state index contributed by atoms with van der Waals surface area (Å²) in [6.45, 7) is 13.7. The van der Waals surface area contributed by atoms with E-state index in [1.54, 1.807) is 0 Å². The Morgan fingerprint density at radius 1 is 1.18 bits per heavy atom. The van der Waals surface area contributed by atoms with Crippen molar-refractivity contribution in [3.63, 3.8) is 0 Å². The predicted molar refractivity (Wildman–Crippen MR) is 116 cm³/mol. The van der Waals surface area contributed by atoms with Crippen molar-refractivity contribution in [3.05, 3.63) is 29.8 Å². The Morgan fingerprint density at radius 2 is 1.93 bits per heavy atom. The summed E-state index contributed by atoms with van der Waals surface area (Å²) in [4.78, 5) is 9.93. The molecule has 2 N–H and O–H groups in total. The average Bonchev–Trinajstić information content (AvgIpc) is 3.10. The van der Waals surface area contributed by atoms with Gasteiger partial charge in [0.1, 0.15) is 11.9 Å². The second kappa shape index (κ2) is 10.1. The zero-order chi connectivity index (χ0) is 19.9. The summed E-state index contributed by atoms with van der Waals surface area (Å²) in [5.41, 5.74) is 1.30. The maximum absolute atomic E-state index is 6.05. The van der Waals surface area contributed by atoms with Crippen LogP contribution in [0.5, 0.6) is 5.75 Å². The molecule has 0 bridgehead atoms. The Balaban J connectivity index is 1.54. The van der Waals surface area contributed by atoms with Crippen molar-refractivity contribution in [2.75, 3.05) is 52.9 Å². The van der Waals surface area contributed by atoms with Crippen molar-refractivity contribution in [1.82, 2.24) is 20.4 Å². The fourth-order valence-corrected chi connectivity index (χ4v) is 4.01. The molecule has 28 heavy (non-hydrogen) atoms. The lowest BCUT2D eigenvalue weighted by Crippen LogP contribution is -2.52. The monoisotopic (exact) mass is 387 g/mol. The summed E-state index contributed by atoms with van der Waals surface area (Å²) in [5, 5.41) is 6.88. The van der Waals surface area contributed by atoms with Gasteiger partial charge in [0.25, 0.3) is 0 Å². The molecular formula is C22H37N5O. The zero-order valence-electron chi connectivity index (χ0n) is 17.9. The molecule has 0 saturated carbocycles. The van der Waals surface area contributed by atoms with Gasteiger partial charge >= 0.3 is 0 Å². The highest BCUT2D eigenvalue weighted by atomic mass is 16.5. The topological polar surface area (TPSA) is 52.1 Å². The van der Waals surface area contributed by atoms with Crippen LogP contribution in [0.25, 0.3) is 0 Å². The van der Waals surface area contributed by atoms with E-state index in [1.807, 2.05) is 6.07 Å². The molecule has 3 rings (SSSR count). The molecule has 156 valence electrons. The number of nitrogens with zero attached hydrogens (tertiary/aromatic N) is 3. The second-order valence-corrected chi connectivity index (χ2v) is 8.30. The van der Waals surface area contributed by atoms with Gasteiger partial charge in [-0.2, -0.15) is 0 Å². The van der Waals surface area contributed by atoms with Crippen LogP contribution in [-0.2, 0) is 6.42 Å². The number of benzene rings is 1. The van der Waals surface area contributed by atoms with Gasteiger partial charge in [-0.1, -0.05) is 32.0 Å². The van der Waals surface area contributed by atoms with Gasteiger partial charge in [-0.25, -0.2) is 0 Å². The third kappa shape index (κ3) is 5.61. The van der Waals surface area contributed by atoms with Crippen LogP contribution in [0.3, 0.4) is 0 Å². The molecule has 0 radical (unpaired) electrons. The second-order valence-electron chi connectivity index (χ2n) is 8.30. The van der Waals surface area contributed by atoms with Crippen LogP contribution < -0.4 is 15.4 Å². The first-order chi connectivity index (χ1) is 13.6. The van der Waals surface area contributed by atoms with Crippen LogP contribution >= 0.6 is 0 Å². The zero-order valence-corrected chi connectivity index (χ0v) is 17.9. The van der Waals surface area contributed by atoms with Crippen molar-refractivity contribution in [2.24, 2.45) is 10.9 Å². The fourth-order valence-electron chi connectivity index (χ4n) is 4.01. The van der Waals surface area contributed by atoms with Crippen molar-refractivity contribution < 1.29 is 4.74 Å². The van der Waals surface area contributed by atoms with Gasteiger partial charge in [-0.05, 0) is 31.5 Å². The van der Waals surface area contributed by atoms with Crippen LogP contribution in [0.1, 0.15) is 26.3 Å². The predicted octanol–water partition coefficient (Wildman–Crippen LogP) is 1.82. The molecule has 0 spiro atoms. The van der Waals surface area contributed by atoms with Crippen LogP contribution in [0, 0.1) is 5.92 Å². The molecule has 2 atom stereocenters. The number of hydrogen-bond donors (Lipinski definition) is 2. The molecule has 2 aliphatic rings. The highest BCUT2D eigenvalue weighted by Crippen LogP contribution is 2.27. The molecule has 2 unspecified atom stereocenters. The maximum atomic E-state index is 6.05. The minimum Gasteiger partial charge on any atom is -0.488 e. The number of rotatable bonds is 7. The summed E-state index contributed by atoms with van der Waals surface area (Å²) in [5.74, 6) is 2.50. The Labute approximate surface area is 170 Å². The van der Waals surface area contributed by atoms with Crippen LogP contribution in [0.4, 0.5) is 0 Å².